The molecule has 0 spiro atoms. The Labute approximate surface area is 166 Å². The fourth-order valence-electron chi connectivity index (χ4n) is 3.67. The smallest absolute Gasteiger partial charge is 0.262 e. The van der Waals surface area contributed by atoms with Gasteiger partial charge in [-0.25, -0.2) is 0 Å². The molecule has 0 fully saturated rings. The van der Waals surface area contributed by atoms with Crippen molar-refractivity contribution < 1.29 is 14.3 Å². The summed E-state index contributed by atoms with van der Waals surface area (Å²) in [5.74, 6) is 1.04. The fraction of sp³-hybridized carbons (Fsp3) is 0.391. The molecule has 1 N–H and O–H groups in total. The van der Waals surface area contributed by atoms with E-state index in [9.17, 15) is 9.59 Å². The lowest BCUT2D eigenvalue weighted by atomic mass is 9.97. The first kappa shape index (κ1) is 19.9. The first-order chi connectivity index (χ1) is 13.6. The number of nitrogens with one attached hydrogen (secondary N) is 1. The van der Waals surface area contributed by atoms with Crippen molar-refractivity contribution >= 4 is 23.2 Å². The molecule has 5 nitrogen and oxygen atoms in total. The molecule has 0 radical (unpaired) electrons. The highest BCUT2D eigenvalue weighted by Crippen LogP contribution is 2.39. The number of benzene rings is 2. The summed E-state index contributed by atoms with van der Waals surface area (Å²) >= 11 is 0. The Hall–Kier alpha value is -2.82. The van der Waals surface area contributed by atoms with Gasteiger partial charge in [-0.1, -0.05) is 38.8 Å². The summed E-state index contributed by atoms with van der Waals surface area (Å²) in [4.78, 5) is 27.5. The molecule has 5 heteroatoms. The average Bonchev–Trinajstić information content (AvgIpc) is 2.81. The molecule has 2 aromatic rings. The molecule has 1 aliphatic heterocycles. The standard InChI is InChI=1S/C23H28N2O3/c1-4-9-16(10-5-2)22(26)24-17-13-14-20-18(15-17)23(27)25(6-3)19-11-7-8-12-21(19)28-20/h7-8,11-16H,4-6,9-10H2,1-3H3,(H,24,26). The zero-order valence-corrected chi connectivity index (χ0v) is 16.8. The third-order valence-electron chi connectivity index (χ3n) is 5.06. The van der Waals surface area contributed by atoms with E-state index >= 15 is 0 Å². The minimum absolute atomic E-state index is 0.00263. The third kappa shape index (κ3) is 4.03. The van der Waals surface area contributed by atoms with Crippen LogP contribution in [-0.2, 0) is 4.79 Å². The first-order valence-corrected chi connectivity index (χ1v) is 10.1. The van der Waals surface area contributed by atoms with Gasteiger partial charge in [-0.15, -0.1) is 0 Å². The average molecular weight is 380 g/mol. The number of rotatable bonds is 7. The SMILES string of the molecule is CCCC(CCC)C(=O)Nc1ccc2c(c1)C(=O)N(CC)c1ccccc1O2. The van der Waals surface area contributed by atoms with E-state index in [1.807, 2.05) is 31.2 Å². The summed E-state index contributed by atoms with van der Waals surface area (Å²) in [6.45, 7) is 6.65. The number of anilines is 2. The Bertz CT molecular complexity index is 857. The van der Waals surface area contributed by atoms with E-state index in [4.69, 9.17) is 4.74 Å². The van der Waals surface area contributed by atoms with Gasteiger partial charge in [-0.3, -0.25) is 9.59 Å². The summed E-state index contributed by atoms with van der Waals surface area (Å²) in [6.07, 6.45) is 3.67. The van der Waals surface area contributed by atoms with Crippen LogP contribution in [0, 0.1) is 5.92 Å². The van der Waals surface area contributed by atoms with Crippen molar-refractivity contribution in [3.63, 3.8) is 0 Å². The molecule has 0 saturated heterocycles. The summed E-state index contributed by atoms with van der Waals surface area (Å²) in [5.41, 5.74) is 1.83. The number of nitrogens with zero attached hydrogens (tertiary/aromatic N) is 1. The van der Waals surface area contributed by atoms with Crippen LogP contribution in [0.2, 0.25) is 0 Å². The first-order valence-electron chi connectivity index (χ1n) is 10.1. The predicted molar refractivity (Wildman–Crippen MR) is 112 cm³/mol. The van der Waals surface area contributed by atoms with Crippen LogP contribution >= 0.6 is 0 Å². The Morgan fingerprint density at radius 3 is 2.43 bits per heavy atom. The molecule has 148 valence electrons. The van der Waals surface area contributed by atoms with Gasteiger partial charge in [0.05, 0.1) is 11.3 Å². The van der Waals surface area contributed by atoms with E-state index in [0.717, 1.165) is 31.4 Å². The molecule has 0 unspecified atom stereocenters. The van der Waals surface area contributed by atoms with Crippen LogP contribution in [0.4, 0.5) is 11.4 Å². The van der Waals surface area contributed by atoms with Crippen LogP contribution in [0.5, 0.6) is 11.5 Å². The number of ether oxygens (including phenoxy) is 1. The van der Waals surface area contributed by atoms with E-state index in [2.05, 4.69) is 19.2 Å². The quantitative estimate of drug-likeness (QED) is 0.679. The van der Waals surface area contributed by atoms with Crippen molar-refractivity contribution in [2.24, 2.45) is 5.92 Å². The maximum atomic E-state index is 13.1. The van der Waals surface area contributed by atoms with E-state index < -0.39 is 0 Å². The highest BCUT2D eigenvalue weighted by molar-refractivity contribution is 6.10. The zero-order chi connectivity index (χ0) is 20.1. The van der Waals surface area contributed by atoms with Gasteiger partial charge in [0.2, 0.25) is 5.91 Å². The van der Waals surface area contributed by atoms with Crippen molar-refractivity contribution in [2.75, 3.05) is 16.8 Å². The second-order valence-electron chi connectivity index (χ2n) is 7.09. The lowest BCUT2D eigenvalue weighted by Crippen LogP contribution is -2.30. The molecule has 0 bridgehead atoms. The number of amides is 2. The summed E-state index contributed by atoms with van der Waals surface area (Å²) in [5, 5.41) is 2.99. The maximum absolute atomic E-state index is 13.1. The Balaban J connectivity index is 1.90. The topological polar surface area (TPSA) is 58.6 Å². The lowest BCUT2D eigenvalue weighted by Gasteiger charge is -2.20. The zero-order valence-electron chi connectivity index (χ0n) is 16.8. The van der Waals surface area contributed by atoms with Crippen molar-refractivity contribution in [3.8, 4) is 11.5 Å². The van der Waals surface area contributed by atoms with Crippen molar-refractivity contribution in [1.82, 2.24) is 0 Å². The molecular formula is C23H28N2O3. The highest BCUT2D eigenvalue weighted by Gasteiger charge is 2.27. The second-order valence-corrected chi connectivity index (χ2v) is 7.09. The normalized spacial score (nSPS) is 12.9. The maximum Gasteiger partial charge on any atom is 0.262 e. The minimum Gasteiger partial charge on any atom is -0.454 e. The number of para-hydroxylation sites is 2. The summed E-state index contributed by atoms with van der Waals surface area (Å²) in [7, 11) is 0. The largest absolute Gasteiger partial charge is 0.454 e. The van der Waals surface area contributed by atoms with Crippen LogP contribution in [0.1, 0.15) is 56.8 Å². The molecule has 1 aliphatic rings. The van der Waals surface area contributed by atoms with E-state index in [1.165, 1.54) is 0 Å². The Morgan fingerprint density at radius 1 is 1.04 bits per heavy atom. The van der Waals surface area contributed by atoms with Gasteiger partial charge < -0.3 is 15.0 Å². The van der Waals surface area contributed by atoms with Gasteiger partial charge in [-0.2, -0.15) is 0 Å². The van der Waals surface area contributed by atoms with Crippen molar-refractivity contribution in [2.45, 2.75) is 46.5 Å². The van der Waals surface area contributed by atoms with Gasteiger partial charge in [-0.05, 0) is 50.1 Å². The minimum atomic E-state index is -0.128. The van der Waals surface area contributed by atoms with E-state index in [1.54, 1.807) is 23.1 Å². The summed E-state index contributed by atoms with van der Waals surface area (Å²) in [6, 6.07) is 12.8. The molecular weight excluding hydrogens is 352 g/mol. The molecule has 3 rings (SSSR count). The monoisotopic (exact) mass is 380 g/mol. The number of hydrogen-bond donors (Lipinski definition) is 1. The number of hydrogen-bond acceptors (Lipinski definition) is 3. The molecule has 28 heavy (non-hydrogen) atoms. The number of carbonyl (C=O) groups excluding carboxylic acids is 2. The van der Waals surface area contributed by atoms with Gasteiger partial charge >= 0.3 is 0 Å². The van der Waals surface area contributed by atoms with Gasteiger partial charge in [0.15, 0.2) is 5.75 Å². The Kier molecular flexibility index (Phi) is 6.34. The third-order valence-corrected chi connectivity index (χ3v) is 5.06. The van der Waals surface area contributed by atoms with E-state index in [0.29, 0.717) is 29.3 Å². The van der Waals surface area contributed by atoms with Gasteiger partial charge in [0.1, 0.15) is 5.75 Å². The van der Waals surface area contributed by atoms with Crippen molar-refractivity contribution in [1.29, 1.82) is 0 Å². The second kappa shape index (κ2) is 8.91. The van der Waals surface area contributed by atoms with Crippen LogP contribution in [0.25, 0.3) is 0 Å². The molecule has 2 aromatic carbocycles. The van der Waals surface area contributed by atoms with Crippen LogP contribution in [0.15, 0.2) is 42.5 Å². The molecule has 0 saturated carbocycles. The number of fused-ring (bicyclic) bond motifs is 2. The fourth-order valence-corrected chi connectivity index (χ4v) is 3.67. The molecule has 1 heterocycles. The lowest BCUT2D eigenvalue weighted by molar-refractivity contribution is -0.120. The molecule has 0 aliphatic carbocycles. The van der Waals surface area contributed by atoms with E-state index in [-0.39, 0.29) is 17.7 Å². The van der Waals surface area contributed by atoms with Crippen molar-refractivity contribution in [3.05, 3.63) is 48.0 Å². The van der Waals surface area contributed by atoms with Gasteiger partial charge in [0.25, 0.3) is 5.91 Å². The van der Waals surface area contributed by atoms with Gasteiger partial charge in [0, 0.05) is 18.2 Å². The van der Waals surface area contributed by atoms with Crippen LogP contribution < -0.4 is 15.0 Å². The Morgan fingerprint density at radius 2 is 1.75 bits per heavy atom. The number of carbonyl (C=O) groups is 2. The summed E-state index contributed by atoms with van der Waals surface area (Å²) < 4.78 is 6.01. The highest BCUT2D eigenvalue weighted by atomic mass is 16.5. The van der Waals surface area contributed by atoms with Crippen LogP contribution in [0.3, 0.4) is 0 Å². The molecule has 2 amide bonds. The molecule has 0 aromatic heterocycles. The predicted octanol–water partition coefficient (Wildman–Crippen LogP) is 5.61. The molecule has 0 atom stereocenters. The van der Waals surface area contributed by atoms with Crippen LogP contribution in [-0.4, -0.2) is 18.4 Å².